The van der Waals surface area contributed by atoms with Gasteiger partial charge in [0.25, 0.3) is 11.8 Å². The Morgan fingerprint density at radius 1 is 1.26 bits per heavy atom. The van der Waals surface area contributed by atoms with Crippen LogP contribution in [-0.2, 0) is 0 Å². The zero-order chi connectivity index (χ0) is 16.6. The van der Waals surface area contributed by atoms with Crippen LogP contribution in [0.15, 0.2) is 6.07 Å². The van der Waals surface area contributed by atoms with Gasteiger partial charge >= 0.3 is 0 Å². The molecule has 1 fully saturated rings. The number of nitrogens with zero attached hydrogens (tertiary/aromatic N) is 3. The van der Waals surface area contributed by atoms with Gasteiger partial charge in [0.1, 0.15) is 5.69 Å². The molecule has 0 radical (unpaired) electrons. The Morgan fingerprint density at radius 2 is 2.04 bits per heavy atom. The lowest BCUT2D eigenvalue weighted by Crippen LogP contribution is -2.39. The van der Waals surface area contributed by atoms with E-state index in [1.54, 1.807) is 6.07 Å². The maximum atomic E-state index is 13.0. The number of aryl methyl sites for hydroxylation is 2. The highest BCUT2D eigenvalue weighted by Gasteiger charge is 2.32. The monoisotopic (exact) mass is 316 g/mol. The Kier molecular flexibility index (Phi) is 3.89. The van der Waals surface area contributed by atoms with Gasteiger partial charge in [-0.1, -0.05) is 0 Å². The zero-order valence-electron chi connectivity index (χ0n) is 13.2. The van der Waals surface area contributed by atoms with Gasteiger partial charge in [-0.3, -0.25) is 19.8 Å². The molecule has 0 aromatic carbocycles. The van der Waals surface area contributed by atoms with E-state index >= 15 is 0 Å². The van der Waals surface area contributed by atoms with Gasteiger partial charge in [-0.05, 0) is 39.2 Å². The first-order chi connectivity index (χ1) is 11.0. The Labute approximate surface area is 133 Å². The number of amides is 2. The molecule has 3 heterocycles. The second kappa shape index (κ2) is 5.86. The van der Waals surface area contributed by atoms with Crippen LogP contribution in [-0.4, -0.2) is 43.7 Å². The molecule has 23 heavy (non-hydrogen) atoms. The fraction of sp³-hybridized carbons (Fsp3) is 0.467. The largest absolute Gasteiger partial charge is 0.364 e. The van der Waals surface area contributed by atoms with Crippen LogP contribution < -0.4 is 5.73 Å². The Balaban J connectivity index is 1.92. The van der Waals surface area contributed by atoms with Crippen LogP contribution in [0.2, 0.25) is 0 Å². The van der Waals surface area contributed by atoms with Gasteiger partial charge in [-0.15, -0.1) is 0 Å². The highest BCUT2D eigenvalue weighted by Crippen LogP contribution is 2.32. The summed E-state index contributed by atoms with van der Waals surface area (Å²) >= 11 is 0. The van der Waals surface area contributed by atoms with Gasteiger partial charge in [-0.2, -0.15) is 10.2 Å². The molecule has 4 N–H and O–H groups in total. The van der Waals surface area contributed by atoms with E-state index in [0.29, 0.717) is 17.8 Å². The molecule has 1 atom stereocenters. The first kappa shape index (κ1) is 15.3. The number of hydrogen-bond acceptors (Lipinski definition) is 4. The van der Waals surface area contributed by atoms with Crippen molar-refractivity contribution in [1.29, 1.82) is 0 Å². The maximum absolute atomic E-state index is 13.0. The first-order valence-corrected chi connectivity index (χ1v) is 7.66. The van der Waals surface area contributed by atoms with Gasteiger partial charge in [-0.25, -0.2) is 0 Å². The van der Waals surface area contributed by atoms with Crippen LogP contribution in [0.4, 0.5) is 0 Å². The molecular weight excluding hydrogens is 296 g/mol. The first-order valence-electron chi connectivity index (χ1n) is 7.66. The number of piperidine rings is 1. The van der Waals surface area contributed by atoms with E-state index in [1.807, 2.05) is 18.7 Å². The van der Waals surface area contributed by atoms with Crippen molar-refractivity contribution in [2.24, 2.45) is 5.73 Å². The predicted octanol–water partition coefficient (Wildman–Crippen LogP) is 1.22. The third-order valence-electron chi connectivity index (χ3n) is 4.31. The summed E-state index contributed by atoms with van der Waals surface area (Å²) in [4.78, 5) is 26.0. The SMILES string of the molecule is Cc1n[nH]c(C)c1C(=O)N1CCCCC1c1cc(C(N)=O)n[nH]1. The Morgan fingerprint density at radius 3 is 2.65 bits per heavy atom. The summed E-state index contributed by atoms with van der Waals surface area (Å²) in [5, 5.41) is 13.7. The average molecular weight is 316 g/mol. The van der Waals surface area contributed by atoms with Crippen molar-refractivity contribution in [3.8, 4) is 0 Å². The minimum Gasteiger partial charge on any atom is -0.364 e. The molecule has 1 unspecified atom stereocenters. The lowest BCUT2D eigenvalue weighted by atomic mass is 9.97. The van der Waals surface area contributed by atoms with Crippen LogP contribution in [0, 0.1) is 13.8 Å². The number of likely N-dealkylation sites (tertiary alicyclic amines) is 1. The maximum Gasteiger partial charge on any atom is 0.269 e. The second-order valence-electron chi connectivity index (χ2n) is 5.89. The number of nitrogens with one attached hydrogen (secondary N) is 2. The van der Waals surface area contributed by atoms with E-state index < -0.39 is 5.91 Å². The molecule has 0 aliphatic carbocycles. The van der Waals surface area contributed by atoms with Crippen LogP contribution in [0.5, 0.6) is 0 Å². The van der Waals surface area contributed by atoms with E-state index in [2.05, 4.69) is 20.4 Å². The Bertz CT molecular complexity index is 727. The molecule has 8 heteroatoms. The number of aromatic nitrogens is 4. The quantitative estimate of drug-likeness (QED) is 0.788. The lowest BCUT2D eigenvalue weighted by molar-refractivity contribution is 0.0604. The summed E-state index contributed by atoms with van der Waals surface area (Å²) in [5.41, 5.74) is 8.26. The van der Waals surface area contributed by atoms with Crippen LogP contribution in [0.25, 0.3) is 0 Å². The van der Waals surface area contributed by atoms with Crippen LogP contribution in [0.3, 0.4) is 0 Å². The van der Waals surface area contributed by atoms with Gasteiger partial charge in [0.2, 0.25) is 0 Å². The van der Waals surface area contributed by atoms with Crippen molar-refractivity contribution in [2.75, 3.05) is 6.54 Å². The fourth-order valence-corrected chi connectivity index (χ4v) is 3.14. The molecule has 2 amide bonds. The van der Waals surface area contributed by atoms with E-state index in [4.69, 9.17) is 5.73 Å². The summed E-state index contributed by atoms with van der Waals surface area (Å²) in [7, 11) is 0. The van der Waals surface area contributed by atoms with Gasteiger partial charge in [0, 0.05) is 12.2 Å². The molecule has 0 saturated carbocycles. The standard InChI is InChI=1S/C15H20N6O2/c1-8-13(9(2)18-17-8)15(23)21-6-4-3-5-12(21)10-7-11(14(16)22)20-19-10/h7,12H,3-6H2,1-2H3,(H2,16,22)(H,17,18)(H,19,20). The molecule has 2 aromatic rings. The fourth-order valence-electron chi connectivity index (χ4n) is 3.14. The van der Waals surface area contributed by atoms with Crippen molar-refractivity contribution in [3.63, 3.8) is 0 Å². The zero-order valence-corrected chi connectivity index (χ0v) is 13.2. The third-order valence-corrected chi connectivity index (χ3v) is 4.31. The van der Waals surface area contributed by atoms with Crippen molar-refractivity contribution in [1.82, 2.24) is 25.3 Å². The molecule has 1 saturated heterocycles. The summed E-state index contributed by atoms with van der Waals surface area (Å²) < 4.78 is 0. The predicted molar refractivity (Wildman–Crippen MR) is 82.8 cm³/mol. The van der Waals surface area contributed by atoms with Crippen molar-refractivity contribution >= 4 is 11.8 Å². The van der Waals surface area contributed by atoms with Gasteiger partial charge in [0.15, 0.2) is 0 Å². The molecule has 1 aliphatic heterocycles. The second-order valence-corrected chi connectivity index (χ2v) is 5.89. The summed E-state index contributed by atoms with van der Waals surface area (Å²) in [6.45, 7) is 4.32. The van der Waals surface area contributed by atoms with Crippen molar-refractivity contribution < 1.29 is 9.59 Å². The molecule has 0 bridgehead atoms. The third kappa shape index (κ3) is 2.71. The number of rotatable bonds is 3. The number of carbonyl (C=O) groups is 2. The molecular formula is C15H20N6O2. The summed E-state index contributed by atoms with van der Waals surface area (Å²) in [5.74, 6) is -0.628. The highest BCUT2D eigenvalue weighted by molar-refractivity contribution is 5.96. The minimum atomic E-state index is -0.581. The van der Waals surface area contributed by atoms with Crippen molar-refractivity contribution in [2.45, 2.75) is 39.2 Å². The number of H-pyrrole nitrogens is 2. The van der Waals surface area contributed by atoms with E-state index in [9.17, 15) is 9.59 Å². The number of aromatic amines is 2. The van der Waals surface area contributed by atoms with E-state index in [0.717, 1.165) is 30.7 Å². The molecule has 1 aliphatic rings. The minimum absolute atomic E-state index is 0.0475. The van der Waals surface area contributed by atoms with Gasteiger partial charge < -0.3 is 10.6 Å². The Hall–Kier alpha value is -2.64. The molecule has 122 valence electrons. The van der Waals surface area contributed by atoms with Crippen LogP contribution in [0.1, 0.15) is 63.2 Å². The summed E-state index contributed by atoms with van der Waals surface area (Å²) in [6, 6.07) is 1.50. The topological polar surface area (TPSA) is 121 Å². The van der Waals surface area contributed by atoms with E-state index in [-0.39, 0.29) is 17.6 Å². The number of primary amides is 1. The highest BCUT2D eigenvalue weighted by atomic mass is 16.2. The number of nitrogens with two attached hydrogens (primary N) is 1. The van der Waals surface area contributed by atoms with Crippen LogP contribution >= 0.6 is 0 Å². The van der Waals surface area contributed by atoms with E-state index in [1.165, 1.54) is 0 Å². The average Bonchev–Trinajstić information content (AvgIpc) is 3.14. The normalized spacial score (nSPS) is 18.2. The number of carbonyl (C=O) groups excluding carboxylic acids is 2. The smallest absolute Gasteiger partial charge is 0.269 e. The van der Waals surface area contributed by atoms with Gasteiger partial charge in [0.05, 0.1) is 23.0 Å². The van der Waals surface area contributed by atoms with Crippen molar-refractivity contribution in [3.05, 3.63) is 34.4 Å². The molecule has 2 aromatic heterocycles. The molecule has 0 spiro atoms. The lowest BCUT2D eigenvalue weighted by Gasteiger charge is -2.35. The summed E-state index contributed by atoms with van der Waals surface area (Å²) in [6.07, 6.45) is 2.79. The number of hydrogen-bond donors (Lipinski definition) is 3. The molecule has 8 nitrogen and oxygen atoms in total. The molecule has 3 rings (SSSR count).